The molecule has 0 atom stereocenters. The van der Waals surface area contributed by atoms with E-state index in [9.17, 15) is 0 Å². The minimum atomic E-state index is 0. The molecule has 0 saturated heterocycles. The molecule has 28 heavy (non-hydrogen) atoms. The number of ether oxygens (including phenoxy) is 3. The summed E-state index contributed by atoms with van der Waals surface area (Å²) in [5.41, 5.74) is 1.07. The van der Waals surface area contributed by atoms with E-state index in [1.54, 1.807) is 14.2 Å². The zero-order valence-corrected chi connectivity index (χ0v) is 20.2. The molecular weight excluding hydrogens is 471 g/mol. The van der Waals surface area contributed by atoms with E-state index >= 15 is 0 Å². The van der Waals surface area contributed by atoms with E-state index < -0.39 is 0 Å². The van der Waals surface area contributed by atoms with Gasteiger partial charge < -0.3 is 29.7 Å². The highest BCUT2D eigenvalue weighted by molar-refractivity contribution is 14.0. The number of guanidine groups is 1. The molecule has 0 unspecified atom stereocenters. The van der Waals surface area contributed by atoms with Gasteiger partial charge in [0.2, 0.25) is 0 Å². The van der Waals surface area contributed by atoms with Crippen LogP contribution in [0.4, 0.5) is 0 Å². The summed E-state index contributed by atoms with van der Waals surface area (Å²) >= 11 is 0. The van der Waals surface area contributed by atoms with Gasteiger partial charge in [0.05, 0.1) is 20.3 Å². The Balaban J connectivity index is 0.00000729. The third kappa shape index (κ3) is 10.9. The SMILES string of the molecule is CCNC(=NCc1ccc(OCC)c(OC)c1)NCCN(C)CCCOC.I. The number of hydrogen-bond donors (Lipinski definition) is 2. The second-order valence-corrected chi connectivity index (χ2v) is 6.19. The molecule has 0 bridgehead atoms. The highest BCUT2D eigenvalue weighted by atomic mass is 127. The lowest BCUT2D eigenvalue weighted by molar-refractivity contribution is 0.180. The van der Waals surface area contributed by atoms with Crippen LogP contribution in [0.3, 0.4) is 0 Å². The molecule has 7 nitrogen and oxygen atoms in total. The molecule has 0 aliphatic carbocycles. The van der Waals surface area contributed by atoms with Crippen LogP contribution in [0.15, 0.2) is 23.2 Å². The first-order valence-corrected chi connectivity index (χ1v) is 9.63. The average molecular weight is 508 g/mol. The lowest BCUT2D eigenvalue weighted by Crippen LogP contribution is -2.41. The fourth-order valence-corrected chi connectivity index (χ4v) is 2.55. The van der Waals surface area contributed by atoms with Gasteiger partial charge in [-0.15, -0.1) is 24.0 Å². The molecular formula is C20H37IN4O3. The summed E-state index contributed by atoms with van der Waals surface area (Å²) < 4.78 is 16.1. The molecule has 1 aromatic carbocycles. The van der Waals surface area contributed by atoms with Crippen molar-refractivity contribution >= 4 is 29.9 Å². The molecule has 1 aromatic rings. The Morgan fingerprint density at radius 3 is 2.54 bits per heavy atom. The van der Waals surface area contributed by atoms with E-state index in [4.69, 9.17) is 14.2 Å². The first-order valence-electron chi connectivity index (χ1n) is 9.63. The van der Waals surface area contributed by atoms with Gasteiger partial charge >= 0.3 is 0 Å². The molecule has 0 heterocycles. The van der Waals surface area contributed by atoms with E-state index in [0.29, 0.717) is 13.2 Å². The number of nitrogens with zero attached hydrogens (tertiary/aromatic N) is 2. The van der Waals surface area contributed by atoms with Gasteiger partial charge in [0.25, 0.3) is 0 Å². The normalized spacial score (nSPS) is 11.1. The molecule has 0 saturated carbocycles. The van der Waals surface area contributed by atoms with Gasteiger partial charge in [-0.1, -0.05) is 6.07 Å². The summed E-state index contributed by atoms with van der Waals surface area (Å²) in [7, 11) is 5.51. The van der Waals surface area contributed by atoms with Crippen molar-refractivity contribution in [2.24, 2.45) is 4.99 Å². The van der Waals surface area contributed by atoms with Crippen molar-refractivity contribution in [2.75, 3.05) is 60.7 Å². The first kappa shape index (κ1) is 26.7. The molecule has 1 rings (SSSR count). The number of aliphatic imine (C=N–C) groups is 1. The van der Waals surface area contributed by atoms with Crippen LogP contribution in [0.25, 0.3) is 0 Å². The Morgan fingerprint density at radius 1 is 1.11 bits per heavy atom. The summed E-state index contributed by atoms with van der Waals surface area (Å²) in [5.74, 6) is 2.31. The van der Waals surface area contributed by atoms with Crippen LogP contribution < -0.4 is 20.1 Å². The Labute approximate surface area is 187 Å². The topological polar surface area (TPSA) is 67.4 Å². The summed E-state index contributed by atoms with van der Waals surface area (Å²) in [5, 5.41) is 6.67. The predicted octanol–water partition coefficient (Wildman–Crippen LogP) is 2.74. The van der Waals surface area contributed by atoms with Crippen LogP contribution in [-0.2, 0) is 11.3 Å². The summed E-state index contributed by atoms with van der Waals surface area (Å²) in [6.07, 6.45) is 1.04. The van der Waals surface area contributed by atoms with Crippen molar-refractivity contribution in [1.29, 1.82) is 0 Å². The van der Waals surface area contributed by atoms with Gasteiger partial charge in [0, 0.05) is 39.9 Å². The van der Waals surface area contributed by atoms with Crippen molar-refractivity contribution in [3.8, 4) is 11.5 Å². The fourth-order valence-electron chi connectivity index (χ4n) is 2.55. The van der Waals surface area contributed by atoms with Crippen LogP contribution in [0.2, 0.25) is 0 Å². The molecule has 2 N–H and O–H groups in total. The number of methoxy groups -OCH3 is 2. The molecule has 0 spiro atoms. The number of benzene rings is 1. The maximum Gasteiger partial charge on any atom is 0.191 e. The Hall–Kier alpha value is -1.26. The Bertz CT molecular complexity index is 558. The van der Waals surface area contributed by atoms with Gasteiger partial charge in [0.15, 0.2) is 17.5 Å². The largest absolute Gasteiger partial charge is 0.493 e. The highest BCUT2D eigenvalue weighted by Crippen LogP contribution is 2.28. The molecule has 0 aliphatic heterocycles. The van der Waals surface area contributed by atoms with Gasteiger partial charge in [-0.2, -0.15) is 0 Å². The summed E-state index contributed by atoms with van der Waals surface area (Å²) in [6.45, 7) is 9.64. The van der Waals surface area contributed by atoms with Crippen molar-refractivity contribution in [1.82, 2.24) is 15.5 Å². The molecule has 0 aliphatic rings. The third-order valence-corrected chi connectivity index (χ3v) is 3.97. The van der Waals surface area contributed by atoms with E-state index in [0.717, 1.165) is 62.2 Å². The van der Waals surface area contributed by atoms with Crippen LogP contribution in [0.5, 0.6) is 11.5 Å². The monoisotopic (exact) mass is 508 g/mol. The summed E-state index contributed by atoms with van der Waals surface area (Å²) in [6, 6.07) is 5.92. The zero-order valence-electron chi connectivity index (χ0n) is 17.9. The molecule has 162 valence electrons. The first-order chi connectivity index (χ1) is 13.1. The second-order valence-electron chi connectivity index (χ2n) is 6.19. The van der Waals surface area contributed by atoms with Crippen LogP contribution in [-0.4, -0.2) is 71.5 Å². The average Bonchev–Trinajstić information content (AvgIpc) is 2.67. The standard InChI is InChI=1S/C20H36N4O3.HI/c1-6-21-20(22-11-13-24(3)12-8-14-25-4)23-16-17-9-10-18(27-7-2)19(15-17)26-5;/h9-10,15H,6-8,11-14,16H2,1-5H3,(H2,21,22,23);1H. The lowest BCUT2D eigenvalue weighted by atomic mass is 10.2. The summed E-state index contributed by atoms with van der Waals surface area (Å²) in [4.78, 5) is 6.95. The van der Waals surface area contributed by atoms with Crippen molar-refractivity contribution < 1.29 is 14.2 Å². The van der Waals surface area contributed by atoms with E-state index in [1.807, 2.05) is 25.1 Å². The number of nitrogens with one attached hydrogen (secondary N) is 2. The zero-order chi connectivity index (χ0) is 19.9. The van der Waals surface area contributed by atoms with Gasteiger partial charge in [-0.05, 0) is 45.0 Å². The molecule has 0 amide bonds. The van der Waals surface area contributed by atoms with Crippen molar-refractivity contribution in [2.45, 2.75) is 26.8 Å². The van der Waals surface area contributed by atoms with Crippen LogP contribution in [0.1, 0.15) is 25.8 Å². The molecule has 0 fully saturated rings. The number of halogens is 1. The minimum Gasteiger partial charge on any atom is -0.493 e. The molecule has 0 aromatic heterocycles. The maximum absolute atomic E-state index is 5.56. The Morgan fingerprint density at radius 2 is 1.89 bits per heavy atom. The number of likely N-dealkylation sites (N-methyl/N-ethyl adjacent to an activating group) is 1. The van der Waals surface area contributed by atoms with Gasteiger partial charge in [-0.3, -0.25) is 0 Å². The fraction of sp³-hybridized carbons (Fsp3) is 0.650. The lowest BCUT2D eigenvalue weighted by Gasteiger charge is -2.18. The van der Waals surface area contributed by atoms with E-state index in [1.165, 1.54) is 0 Å². The van der Waals surface area contributed by atoms with Crippen LogP contribution in [0, 0.1) is 0 Å². The highest BCUT2D eigenvalue weighted by Gasteiger charge is 2.06. The molecule has 8 heteroatoms. The van der Waals surface area contributed by atoms with Gasteiger partial charge in [-0.25, -0.2) is 4.99 Å². The second kappa shape index (κ2) is 16.7. The predicted molar refractivity (Wildman–Crippen MR) is 126 cm³/mol. The quantitative estimate of drug-likeness (QED) is 0.185. The molecule has 0 radical (unpaired) electrons. The van der Waals surface area contributed by atoms with E-state index in [2.05, 4.69) is 34.5 Å². The van der Waals surface area contributed by atoms with Crippen molar-refractivity contribution in [3.05, 3.63) is 23.8 Å². The van der Waals surface area contributed by atoms with Crippen LogP contribution >= 0.6 is 24.0 Å². The van der Waals surface area contributed by atoms with E-state index in [-0.39, 0.29) is 24.0 Å². The Kier molecular flexibility index (Phi) is 15.9. The van der Waals surface area contributed by atoms with Crippen molar-refractivity contribution in [3.63, 3.8) is 0 Å². The van der Waals surface area contributed by atoms with Gasteiger partial charge in [0.1, 0.15) is 0 Å². The number of hydrogen-bond acceptors (Lipinski definition) is 5. The number of rotatable bonds is 13. The smallest absolute Gasteiger partial charge is 0.191 e. The minimum absolute atomic E-state index is 0. The maximum atomic E-state index is 5.56. The third-order valence-electron chi connectivity index (χ3n) is 3.97.